The lowest BCUT2D eigenvalue weighted by molar-refractivity contribution is -0.284. The lowest BCUT2D eigenvalue weighted by Gasteiger charge is -2.43. The van der Waals surface area contributed by atoms with Crippen molar-refractivity contribution < 1.29 is 42.1 Å². The summed E-state index contributed by atoms with van der Waals surface area (Å²) in [6.45, 7) is 2.25. The Morgan fingerprint density at radius 1 is 0.905 bits per heavy atom. The van der Waals surface area contributed by atoms with E-state index >= 15 is 0 Å². The molecule has 0 bridgehead atoms. The van der Waals surface area contributed by atoms with Gasteiger partial charge in [0.25, 0.3) is 0 Å². The number of phenols is 2. The largest absolute Gasteiger partial charge is 0.508 e. The molecule has 3 atom stereocenters. The number of unbranched alkanes of at least 4 members (excludes halogenated alkanes) is 5. The van der Waals surface area contributed by atoms with Crippen LogP contribution in [0.25, 0.3) is 0 Å². The Hall–Kier alpha value is -2.49. The molecule has 0 radical (unpaired) electrons. The lowest BCUT2D eigenvalue weighted by Crippen LogP contribution is -2.36. The van der Waals surface area contributed by atoms with Gasteiger partial charge < -0.3 is 15.3 Å². The first-order valence-corrected chi connectivity index (χ1v) is 15.6. The number of halogens is 5. The van der Waals surface area contributed by atoms with Crippen LogP contribution in [0.2, 0.25) is 0 Å². The van der Waals surface area contributed by atoms with Crippen molar-refractivity contribution in [3.8, 4) is 11.5 Å². The maximum absolute atomic E-state index is 13.2. The number of fused-ring (bicyclic) bond motifs is 1. The van der Waals surface area contributed by atoms with Gasteiger partial charge in [-0.3, -0.25) is 4.79 Å². The van der Waals surface area contributed by atoms with Crippen molar-refractivity contribution in [1.29, 1.82) is 0 Å². The number of benzene rings is 2. The SMILES string of the molecule is CC1(c2ccc(O)cc2)CSc2cc(O)ccc2C1CCCCCCCCC(CCCC(F)(F)C(F)(F)F)CC(=O)O. The molecular formula is C32H41F5O4S. The molecule has 0 saturated carbocycles. The quantitative estimate of drug-likeness (QED) is 0.129. The minimum Gasteiger partial charge on any atom is -0.508 e. The number of hydrogen-bond donors (Lipinski definition) is 3. The Bertz CT molecular complexity index is 1150. The molecule has 0 fully saturated rings. The van der Waals surface area contributed by atoms with Gasteiger partial charge in [0.15, 0.2) is 0 Å². The van der Waals surface area contributed by atoms with E-state index in [1.807, 2.05) is 24.3 Å². The van der Waals surface area contributed by atoms with Gasteiger partial charge in [-0.2, -0.15) is 22.0 Å². The molecule has 1 aliphatic rings. The van der Waals surface area contributed by atoms with Crippen molar-refractivity contribution in [2.24, 2.45) is 5.92 Å². The summed E-state index contributed by atoms with van der Waals surface area (Å²) in [5.41, 5.74) is 2.23. The Balaban J connectivity index is 1.46. The molecule has 10 heteroatoms. The third-order valence-corrected chi connectivity index (χ3v) is 9.94. The van der Waals surface area contributed by atoms with E-state index in [9.17, 15) is 37.0 Å². The zero-order chi connectivity index (χ0) is 31.0. The maximum Gasteiger partial charge on any atom is 0.453 e. The highest BCUT2D eigenvalue weighted by molar-refractivity contribution is 7.99. The molecule has 1 aliphatic heterocycles. The Morgan fingerprint density at radius 2 is 1.50 bits per heavy atom. The van der Waals surface area contributed by atoms with Crippen LogP contribution in [0.3, 0.4) is 0 Å². The molecule has 0 spiro atoms. The van der Waals surface area contributed by atoms with E-state index in [0.29, 0.717) is 12.8 Å². The maximum atomic E-state index is 13.2. The van der Waals surface area contributed by atoms with E-state index in [1.165, 1.54) is 5.56 Å². The molecule has 42 heavy (non-hydrogen) atoms. The van der Waals surface area contributed by atoms with Crippen LogP contribution in [-0.4, -0.2) is 39.1 Å². The Kier molecular flexibility index (Phi) is 12.0. The predicted molar refractivity (Wildman–Crippen MR) is 155 cm³/mol. The highest BCUT2D eigenvalue weighted by atomic mass is 32.2. The van der Waals surface area contributed by atoms with Crippen molar-refractivity contribution in [3.05, 3.63) is 53.6 Å². The van der Waals surface area contributed by atoms with Crippen LogP contribution < -0.4 is 0 Å². The fraction of sp³-hybridized carbons (Fsp3) is 0.594. The fourth-order valence-electron chi connectivity index (χ4n) is 6.05. The normalized spacial score (nSPS) is 19.8. The summed E-state index contributed by atoms with van der Waals surface area (Å²) in [5, 5.41) is 28.9. The molecule has 1 heterocycles. The molecule has 3 N–H and O–H groups in total. The zero-order valence-electron chi connectivity index (χ0n) is 23.9. The van der Waals surface area contributed by atoms with E-state index in [4.69, 9.17) is 5.11 Å². The van der Waals surface area contributed by atoms with Crippen molar-refractivity contribution >= 4 is 17.7 Å². The van der Waals surface area contributed by atoms with Crippen LogP contribution in [0.1, 0.15) is 101 Å². The number of carboxylic acid groups (broad SMARTS) is 1. The van der Waals surface area contributed by atoms with Crippen LogP contribution >= 0.6 is 11.8 Å². The van der Waals surface area contributed by atoms with Crippen molar-refractivity contribution in [1.82, 2.24) is 0 Å². The van der Waals surface area contributed by atoms with E-state index in [-0.39, 0.29) is 42.1 Å². The van der Waals surface area contributed by atoms with Crippen molar-refractivity contribution in [3.63, 3.8) is 0 Å². The molecule has 4 nitrogen and oxygen atoms in total. The first kappa shape index (κ1) is 34.0. The number of hydrogen-bond acceptors (Lipinski definition) is 4. The fourth-order valence-corrected chi connectivity index (χ4v) is 7.45. The number of alkyl halides is 5. The topological polar surface area (TPSA) is 77.8 Å². The molecule has 2 aromatic rings. The second-order valence-corrected chi connectivity index (χ2v) is 12.8. The number of thioether (sulfide) groups is 1. The molecular weight excluding hydrogens is 575 g/mol. The molecule has 0 saturated heterocycles. The summed E-state index contributed by atoms with van der Waals surface area (Å²) in [4.78, 5) is 12.3. The number of phenolic OH excluding ortho intramolecular Hbond substituents is 2. The molecule has 0 aliphatic carbocycles. The summed E-state index contributed by atoms with van der Waals surface area (Å²) in [6, 6.07) is 13.0. The highest BCUT2D eigenvalue weighted by Crippen LogP contribution is 2.52. The summed E-state index contributed by atoms with van der Waals surface area (Å²) >= 11 is 1.73. The number of carboxylic acids is 1. The van der Waals surface area contributed by atoms with Crippen LogP contribution in [0, 0.1) is 5.92 Å². The second kappa shape index (κ2) is 14.8. The Morgan fingerprint density at radius 3 is 2.14 bits per heavy atom. The van der Waals surface area contributed by atoms with Crippen LogP contribution in [0.5, 0.6) is 11.5 Å². The number of aromatic hydroxyl groups is 2. The first-order chi connectivity index (χ1) is 19.7. The third kappa shape index (κ3) is 9.25. The van der Waals surface area contributed by atoms with Gasteiger partial charge in [0.1, 0.15) is 11.5 Å². The Labute approximate surface area is 248 Å². The van der Waals surface area contributed by atoms with Gasteiger partial charge >= 0.3 is 18.1 Å². The highest BCUT2D eigenvalue weighted by Gasteiger charge is 2.56. The van der Waals surface area contributed by atoms with Gasteiger partial charge in [-0.1, -0.05) is 63.6 Å². The second-order valence-electron chi connectivity index (χ2n) is 11.8. The van der Waals surface area contributed by atoms with Gasteiger partial charge in [0.05, 0.1) is 0 Å². The summed E-state index contributed by atoms with van der Waals surface area (Å²) in [5.74, 6) is -4.66. The monoisotopic (exact) mass is 616 g/mol. The standard InChI is InChI=1S/C32H41F5O4S/c1-30(23-12-14-24(38)15-13-23)21-42-28-20-25(39)16-17-26(28)27(30)11-7-5-3-2-4-6-9-22(19-29(40)41)10-8-18-31(33,34)32(35,36)37/h12-17,20,22,27,38-39H,2-11,18-19,21H2,1H3,(H,40,41). The lowest BCUT2D eigenvalue weighted by atomic mass is 9.68. The number of rotatable bonds is 16. The zero-order valence-corrected chi connectivity index (χ0v) is 24.8. The van der Waals surface area contributed by atoms with Gasteiger partial charge in [-0.25, -0.2) is 0 Å². The van der Waals surface area contributed by atoms with Crippen LogP contribution in [0.4, 0.5) is 22.0 Å². The molecule has 0 amide bonds. The van der Waals surface area contributed by atoms with Crippen LogP contribution in [-0.2, 0) is 10.2 Å². The first-order valence-electron chi connectivity index (χ1n) is 14.6. The molecule has 3 rings (SSSR count). The van der Waals surface area contributed by atoms with E-state index in [1.54, 1.807) is 30.0 Å². The number of carbonyl (C=O) groups is 1. The van der Waals surface area contributed by atoms with Crippen molar-refractivity contribution in [2.75, 3.05) is 5.75 Å². The number of aliphatic carboxylic acids is 1. The van der Waals surface area contributed by atoms with E-state index in [2.05, 4.69) is 6.92 Å². The van der Waals surface area contributed by atoms with Crippen LogP contribution in [0.15, 0.2) is 47.4 Å². The summed E-state index contributed by atoms with van der Waals surface area (Å²) in [7, 11) is 0. The van der Waals surface area contributed by atoms with Gasteiger partial charge in [0, 0.05) is 28.9 Å². The molecule has 234 valence electrons. The van der Waals surface area contributed by atoms with E-state index < -0.39 is 30.4 Å². The average molecular weight is 617 g/mol. The molecule has 3 unspecified atom stereocenters. The minimum atomic E-state index is -5.58. The van der Waals surface area contributed by atoms with Gasteiger partial charge in [-0.15, -0.1) is 11.8 Å². The predicted octanol–water partition coefficient (Wildman–Crippen LogP) is 9.82. The van der Waals surface area contributed by atoms with E-state index in [0.717, 1.165) is 54.7 Å². The van der Waals surface area contributed by atoms with Gasteiger partial charge in [0.2, 0.25) is 0 Å². The molecule has 0 aromatic heterocycles. The minimum absolute atomic E-state index is 0.0384. The summed E-state index contributed by atoms with van der Waals surface area (Å²) < 4.78 is 63.6. The third-order valence-electron chi connectivity index (χ3n) is 8.53. The smallest absolute Gasteiger partial charge is 0.453 e. The summed E-state index contributed by atoms with van der Waals surface area (Å²) in [6.07, 6.45) is -0.503. The van der Waals surface area contributed by atoms with Gasteiger partial charge in [-0.05, 0) is 72.9 Å². The van der Waals surface area contributed by atoms with Crippen molar-refractivity contribution in [2.45, 2.75) is 112 Å². The molecule has 2 aromatic carbocycles. The average Bonchev–Trinajstić information content (AvgIpc) is 2.90.